The first-order valence-corrected chi connectivity index (χ1v) is 4.82. The van der Waals surface area contributed by atoms with E-state index in [4.69, 9.17) is 11.6 Å². The van der Waals surface area contributed by atoms with Gasteiger partial charge in [-0.2, -0.15) is 0 Å². The van der Waals surface area contributed by atoms with Crippen LogP contribution in [-0.4, -0.2) is 15.8 Å². The van der Waals surface area contributed by atoms with Gasteiger partial charge in [0, 0.05) is 18.0 Å². The molecule has 1 heterocycles. The highest BCUT2D eigenvalue weighted by Gasteiger charge is 2.16. The fraction of sp³-hybridized carbons (Fsp3) is 0. The second kappa shape index (κ2) is 4.37. The van der Waals surface area contributed by atoms with Crippen molar-refractivity contribution in [2.75, 3.05) is 0 Å². The van der Waals surface area contributed by atoms with Gasteiger partial charge in [-0.05, 0) is 12.1 Å². The molecule has 16 heavy (non-hydrogen) atoms. The van der Waals surface area contributed by atoms with E-state index in [0.29, 0.717) is 0 Å². The molecule has 2 rings (SSSR count). The van der Waals surface area contributed by atoms with Crippen molar-refractivity contribution >= 4 is 17.4 Å². The standard InChI is InChI=1S/C11H6ClFN2O/c12-10-7(2-1-3-8(10)13)11(16)9-6-14-4-5-15-9/h1-6H. The Morgan fingerprint density at radius 1 is 1.31 bits per heavy atom. The molecule has 0 radical (unpaired) electrons. The molecule has 0 aliphatic heterocycles. The van der Waals surface area contributed by atoms with Crippen molar-refractivity contribution in [1.29, 1.82) is 0 Å². The van der Waals surface area contributed by atoms with Crippen LogP contribution < -0.4 is 0 Å². The van der Waals surface area contributed by atoms with Crippen molar-refractivity contribution in [3.63, 3.8) is 0 Å². The van der Waals surface area contributed by atoms with E-state index in [1.165, 1.54) is 36.8 Å². The molecule has 80 valence electrons. The highest BCUT2D eigenvalue weighted by atomic mass is 35.5. The predicted octanol–water partition coefficient (Wildman–Crippen LogP) is 2.50. The molecule has 5 heteroatoms. The molecule has 1 aromatic heterocycles. The molecule has 1 aromatic carbocycles. The van der Waals surface area contributed by atoms with Crippen molar-refractivity contribution in [3.05, 3.63) is 58.9 Å². The van der Waals surface area contributed by atoms with Crippen LogP contribution in [0.2, 0.25) is 5.02 Å². The highest BCUT2D eigenvalue weighted by Crippen LogP contribution is 2.21. The lowest BCUT2D eigenvalue weighted by Gasteiger charge is -2.02. The number of ketones is 1. The number of aromatic nitrogens is 2. The summed E-state index contributed by atoms with van der Waals surface area (Å²) in [6.07, 6.45) is 4.15. The molecular weight excluding hydrogens is 231 g/mol. The summed E-state index contributed by atoms with van der Waals surface area (Å²) in [7, 11) is 0. The van der Waals surface area contributed by atoms with Crippen LogP contribution in [0.15, 0.2) is 36.8 Å². The third-order valence-electron chi connectivity index (χ3n) is 1.99. The fourth-order valence-corrected chi connectivity index (χ4v) is 1.45. The number of hydrogen-bond acceptors (Lipinski definition) is 3. The van der Waals surface area contributed by atoms with Gasteiger partial charge in [0.25, 0.3) is 0 Å². The van der Waals surface area contributed by atoms with Crippen molar-refractivity contribution in [1.82, 2.24) is 9.97 Å². The molecule has 0 bridgehead atoms. The Hall–Kier alpha value is -1.81. The SMILES string of the molecule is O=C(c1cnccn1)c1cccc(F)c1Cl. The number of hydrogen-bond donors (Lipinski definition) is 0. The second-order valence-corrected chi connectivity index (χ2v) is 3.40. The fourth-order valence-electron chi connectivity index (χ4n) is 1.23. The molecule has 0 atom stereocenters. The maximum atomic E-state index is 13.1. The van der Waals surface area contributed by atoms with Gasteiger partial charge in [0.1, 0.15) is 11.5 Å². The molecule has 0 aliphatic carbocycles. The summed E-state index contributed by atoms with van der Waals surface area (Å²) in [5.74, 6) is -1.07. The number of benzene rings is 1. The van der Waals surface area contributed by atoms with Crippen molar-refractivity contribution in [3.8, 4) is 0 Å². The lowest BCUT2D eigenvalue weighted by molar-refractivity contribution is 0.103. The zero-order valence-corrected chi connectivity index (χ0v) is 8.78. The molecule has 0 saturated heterocycles. The van der Waals surface area contributed by atoms with Gasteiger partial charge in [-0.15, -0.1) is 0 Å². The molecule has 0 saturated carbocycles. The summed E-state index contributed by atoms with van der Waals surface area (Å²) in [4.78, 5) is 19.5. The van der Waals surface area contributed by atoms with Crippen molar-refractivity contribution < 1.29 is 9.18 Å². The first-order valence-electron chi connectivity index (χ1n) is 4.45. The zero-order chi connectivity index (χ0) is 11.5. The molecule has 0 aliphatic rings. The first-order chi connectivity index (χ1) is 7.70. The smallest absolute Gasteiger partial charge is 0.214 e. The van der Waals surface area contributed by atoms with E-state index < -0.39 is 11.6 Å². The summed E-state index contributed by atoms with van der Waals surface area (Å²) in [5.41, 5.74) is 0.220. The molecule has 2 aromatic rings. The van der Waals surface area contributed by atoms with Gasteiger partial charge in [-0.1, -0.05) is 17.7 Å². The zero-order valence-electron chi connectivity index (χ0n) is 8.02. The summed E-state index contributed by atoms with van der Waals surface area (Å²) in [5, 5.41) is -0.196. The summed E-state index contributed by atoms with van der Waals surface area (Å²) in [6, 6.07) is 4.06. The van der Waals surface area contributed by atoms with Gasteiger partial charge in [0.2, 0.25) is 5.78 Å². The van der Waals surface area contributed by atoms with Gasteiger partial charge < -0.3 is 0 Å². The Kier molecular flexibility index (Phi) is 2.92. The van der Waals surface area contributed by atoms with Gasteiger partial charge in [-0.3, -0.25) is 9.78 Å². The summed E-state index contributed by atoms with van der Waals surface area (Å²) < 4.78 is 13.1. The van der Waals surface area contributed by atoms with E-state index in [1.54, 1.807) is 0 Å². The summed E-state index contributed by atoms with van der Waals surface area (Å²) in [6.45, 7) is 0. The molecule has 0 amide bonds. The average molecular weight is 237 g/mol. The Morgan fingerprint density at radius 2 is 2.12 bits per heavy atom. The van der Waals surface area contributed by atoms with E-state index in [1.807, 2.05) is 0 Å². The van der Waals surface area contributed by atoms with Crippen LogP contribution >= 0.6 is 11.6 Å². The maximum absolute atomic E-state index is 13.1. The topological polar surface area (TPSA) is 42.9 Å². The second-order valence-electron chi connectivity index (χ2n) is 3.02. The average Bonchev–Trinajstić information content (AvgIpc) is 2.33. The van der Waals surface area contributed by atoms with Crippen LogP contribution in [0, 0.1) is 5.82 Å². The van der Waals surface area contributed by atoms with Crippen molar-refractivity contribution in [2.45, 2.75) is 0 Å². The number of carbonyl (C=O) groups excluding carboxylic acids is 1. The van der Waals surface area contributed by atoms with Gasteiger partial charge in [0.15, 0.2) is 0 Å². The first kappa shape index (κ1) is 10.7. The number of nitrogens with zero attached hydrogens (tertiary/aromatic N) is 2. The van der Waals surface area contributed by atoms with Crippen LogP contribution in [0.1, 0.15) is 16.1 Å². The Labute approximate surface area is 95.9 Å². The van der Waals surface area contributed by atoms with E-state index >= 15 is 0 Å². The minimum atomic E-state index is -0.628. The third kappa shape index (κ3) is 1.92. The molecule has 0 N–H and O–H groups in total. The lowest BCUT2D eigenvalue weighted by Crippen LogP contribution is -2.05. The maximum Gasteiger partial charge on any atom is 0.214 e. The number of halogens is 2. The number of rotatable bonds is 2. The number of carbonyl (C=O) groups is 1. The van der Waals surface area contributed by atoms with Crippen LogP contribution in [0.3, 0.4) is 0 Å². The molecule has 3 nitrogen and oxygen atoms in total. The van der Waals surface area contributed by atoms with E-state index in [9.17, 15) is 9.18 Å². The van der Waals surface area contributed by atoms with Crippen LogP contribution in [0.5, 0.6) is 0 Å². The van der Waals surface area contributed by atoms with Gasteiger partial charge >= 0.3 is 0 Å². The Morgan fingerprint density at radius 3 is 2.81 bits per heavy atom. The summed E-state index contributed by atoms with van der Waals surface area (Å²) >= 11 is 5.69. The molecular formula is C11H6ClFN2O. The normalized spacial score (nSPS) is 10.1. The Bertz CT molecular complexity index is 531. The predicted molar refractivity (Wildman–Crippen MR) is 56.9 cm³/mol. The minimum Gasteiger partial charge on any atom is -0.287 e. The highest BCUT2D eigenvalue weighted by molar-refractivity contribution is 6.35. The van der Waals surface area contributed by atoms with Crippen LogP contribution in [-0.2, 0) is 0 Å². The lowest BCUT2D eigenvalue weighted by atomic mass is 10.1. The minimum absolute atomic E-state index is 0.0853. The molecule has 0 spiro atoms. The quantitative estimate of drug-likeness (QED) is 0.753. The Balaban J connectivity index is 2.46. The van der Waals surface area contributed by atoms with Gasteiger partial charge in [0.05, 0.1) is 11.2 Å². The van der Waals surface area contributed by atoms with Crippen molar-refractivity contribution in [2.24, 2.45) is 0 Å². The largest absolute Gasteiger partial charge is 0.287 e. The monoisotopic (exact) mass is 236 g/mol. The van der Waals surface area contributed by atoms with Crippen LogP contribution in [0.4, 0.5) is 4.39 Å². The molecule has 0 fully saturated rings. The van der Waals surface area contributed by atoms with Crippen LogP contribution in [0.25, 0.3) is 0 Å². The van der Waals surface area contributed by atoms with Gasteiger partial charge in [-0.25, -0.2) is 9.37 Å². The third-order valence-corrected chi connectivity index (χ3v) is 2.38. The molecule has 0 unspecified atom stereocenters. The van der Waals surface area contributed by atoms with E-state index in [0.717, 1.165) is 0 Å². The van der Waals surface area contributed by atoms with E-state index in [2.05, 4.69) is 9.97 Å². The van der Waals surface area contributed by atoms with E-state index in [-0.39, 0.29) is 16.3 Å².